The van der Waals surface area contributed by atoms with Gasteiger partial charge in [0.15, 0.2) is 0 Å². The average Bonchev–Trinajstić information content (AvgIpc) is 1.82. The van der Waals surface area contributed by atoms with Crippen LogP contribution in [0.25, 0.3) is 0 Å². The molecular formula is C6H11NO2. The largest absolute Gasteiger partial charge is 0.392 e. The third kappa shape index (κ3) is 2.87. The van der Waals surface area contributed by atoms with Gasteiger partial charge in [0.05, 0.1) is 6.61 Å². The Hall–Kier alpha value is -0.830. The highest BCUT2D eigenvalue weighted by Gasteiger charge is 1.98. The van der Waals surface area contributed by atoms with Gasteiger partial charge in [-0.25, -0.2) is 0 Å². The minimum Gasteiger partial charge on any atom is -0.392 e. The first-order valence-corrected chi connectivity index (χ1v) is 2.82. The van der Waals surface area contributed by atoms with Gasteiger partial charge >= 0.3 is 0 Å². The van der Waals surface area contributed by atoms with Crippen LogP contribution in [0.4, 0.5) is 0 Å². The van der Waals surface area contributed by atoms with Crippen molar-refractivity contribution in [2.45, 2.75) is 13.3 Å². The Bertz CT molecular complexity index is 129. The van der Waals surface area contributed by atoms with Crippen LogP contribution in [-0.2, 0) is 4.79 Å². The lowest BCUT2D eigenvalue weighted by atomic mass is 10.2. The Morgan fingerprint density at radius 1 is 1.78 bits per heavy atom. The Morgan fingerprint density at radius 2 is 2.33 bits per heavy atom. The minimum atomic E-state index is -0.452. The molecule has 0 bridgehead atoms. The molecule has 0 aliphatic carbocycles. The highest BCUT2D eigenvalue weighted by atomic mass is 16.2. The van der Waals surface area contributed by atoms with E-state index in [0.29, 0.717) is 12.0 Å². The molecule has 3 heteroatoms. The molecule has 0 radical (unpaired) electrons. The second-order valence-electron chi connectivity index (χ2n) is 1.63. The SMILES string of the molecule is CCC(=CCO)C(N)=O. The highest BCUT2D eigenvalue weighted by Crippen LogP contribution is 1.96. The van der Waals surface area contributed by atoms with Gasteiger partial charge in [-0.3, -0.25) is 4.79 Å². The summed E-state index contributed by atoms with van der Waals surface area (Å²) in [5.41, 5.74) is 5.40. The van der Waals surface area contributed by atoms with Crippen LogP contribution in [0.15, 0.2) is 11.6 Å². The summed E-state index contributed by atoms with van der Waals surface area (Å²) in [4.78, 5) is 10.4. The van der Waals surface area contributed by atoms with E-state index in [1.54, 1.807) is 0 Å². The summed E-state index contributed by atoms with van der Waals surface area (Å²) in [6.45, 7) is 1.69. The van der Waals surface area contributed by atoms with Crippen molar-refractivity contribution in [3.63, 3.8) is 0 Å². The van der Waals surface area contributed by atoms with Crippen LogP contribution in [0.5, 0.6) is 0 Å². The molecule has 0 aliphatic heterocycles. The Labute approximate surface area is 54.2 Å². The summed E-state index contributed by atoms with van der Waals surface area (Å²) >= 11 is 0. The maximum atomic E-state index is 10.4. The fraction of sp³-hybridized carbons (Fsp3) is 0.500. The molecule has 0 aromatic heterocycles. The molecule has 0 atom stereocenters. The molecule has 0 rings (SSSR count). The van der Waals surface area contributed by atoms with Crippen LogP contribution in [0.2, 0.25) is 0 Å². The molecule has 0 heterocycles. The van der Waals surface area contributed by atoms with Crippen molar-refractivity contribution in [3.8, 4) is 0 Å². The molecule has 0 saturated heterocycles. The van der Waals surface area contributed by atoms with E-state index in [-0.39, 0.29) is 6.61 Å². The van der Waals surface area contributed by atoms with Crippen LogP contribution in [0.3, 0.4) is 0 Å². The molecule has 52 valence electrons. The fourth-order valence-electron chi connectivity index (χ4n) is 0.529. The minimum absolute atomic E-state index is 0.119. The summed E-state index contributed by atoms with van der Waals surface area (Å²) < 4.78 is 0. The molecular weight excluding hydrogens is 118 g/mol. The Kier molecular flexibility index (Phi) is 3.71. The molecule has 1 amide bonds. The number of carbonyl (C=O) groups is 1. The normalized spacial score (nSPS) is 11.6. The van der Waals surface area contributed by atoms with Crippen molar-refractivity contribution in [3.05, 3.63) is 11.6 Å². The van der Waals surface area contributed by atoms with Gasteiger partial charge in [-0.15, -0.1) is 0 Å². The van der Waals surface area contributed by atoms with Crippen molar-refractivity contribution in [1.82, 2.24) is 0 Å². The third-order valence-electron chi connectivity index (χ3n) is 1.04. The second kappa shape index (κ2) is 4.09. The van der Waals surface area contributed by atoms with Crippen LogP contribution >= 0.6 is 0 Å². The van der Waals surface area contributed by atoms with Crippen molar-refractivity contribution in [1.29, 1.82) is 0 Å². The first-order valence-electron chi connectivity index (χ1n) is 2.82. The molecule has 0 aliphatic rings. The van der Waals surface area contributed by atoms with Gasteiger partial charge in [0, 0.05) is 5.57 Å². The van der Waals surface area contributed by atoms with E-state index in [9.17, 15) is 4.79 Å². The average molecular weight is 129 g/mol. The highest BCUT2D eigenvalue weighted by molar-refractivity contribution is 5.91. The number of hydrogen-bond acceptors (Lipinski definition) is 2. The zero-order valence-electron chi connectivity index (χ0n) is 5.42. The van der Waals surface area contributed by atoms with Crippen molar-refractivity contribution in [2.24, 2.45) is 5.73 Å². The molecule has 0 spiro atoms. The summed E-state index contributed by atoms with van der Waals surface area (Å²) in [5, 5.41) is 8.33. The lowest BCUT2D eigenvalue weighted by Gasteiger charge is -1.94. The van der Waals surface area contributed by atoms with Gasteiger partial charge in [-0.05, 0) is 6.42 Å². The number of aliphatic hydroxyl groups is 1. The van der Waals surface area contributed by atoms with Crippen molar-refractivity contribution < 1.29 is 9.90 Å². The number of hydrogen-bond donors (Lipinski definition) is 2. The van der Waals surface area contributed by atoms with Crippen molar-refractivity contribution >= 4 is 5.91 Å². The molecule has 0 aromatic carbocycles. The fourth-order valence-corrected chi connectivity index (χ4v) is 0.529. The van der Waals surface area contributed by atoms with E-state index in [4.69, 9.17) is 10.8 Å². The predicted octanol–water partition coefficient (Wildman–Crippen LogP) is -0.200. The Balaban J connectivity index is 3.98. The topological polar surface area (TPSA) is 63.3 Å². The number of carbonyl (C=O) groups excluding carboxylic acids is 1. The number of rotatable bonds is 3. The summed E-state index contributed by atoms with van der Waals surface area (Å²) in [6.07, 6.45) is 2.00. The number of primary amides is 1. The van der Waals surface area contributed by atoms with Gasteiger partial charge in [-0.1, -0.05) is 13.0 Å². The number of amides is 1. The maximum Gasteiger partial charge on any atom is 0.244 e. The first-order chi connectivity index (χ1) is 4.22. The smallest absolute Gasteiger partial charge is 0.244 e. The molecule has 0 aromatic rings. The van der Waals surface area contributed by atoms with Gasteiger partial charge in [0.25, 0.3) is 0 Å². The van der Waals surface area contributed by atoms with Crippen molar-refractivity contribution in [2.75, 3.05) is 6.61 Å². The van der Waals surface area contributed by atoms with E-state index in [2.05, 4.69) is 0 Å². The van der Waals surface area contributed by atoms with E-state index >= 15 is 0 Å². The molecule has 0 fully saturated rings. The van der Waals surface area contributed by atoms with Crippen LogP contribution in [0, 0.1) is 0 Å². The quantitative estimate of drug-likeness (QED) is 0.518. The number of nitrogens with two attached hydrogens (primary N) is 1. The van der Waals surface area contributed by atoms with Gasteiger partial charge in [0.1, 0.15) is 0 Å². The maximum absolute atomic E-state index is 10.4. The molecule has 9 heavy (non-hydrogen) atoms. The second-order valence-corrected chi connectivity index (χ2v) is 1.63. The third-order valence-corrected chi connectivity index (χ3v) is 1.04. The summed E-state index contributed by atoms with van der Waals surface area (Å²) in [6, 6.07) is 0. The lowest BCUT2D eigenvalue weighted by molar-refractivity contribution is -0.114. The zero-order valence-corrected chi connectivity index (χ0v) is 5.42. The van der Waals surface area contributed by atoms with E-state index < -0.39 is 5.91 Å². The number of aliphatic hydroxyl groups excluding tert-OH is 1. The monoisotopic (exact) mass is 129 g/mol. The van der Waals surface area contributed by atoms with E-state index in [1.165, 1.54) is 6.08 Å². The van der Waals surface area contributed by atoms with E-state index in [0.717, 1.165) is 0 Å². The first kappa shape index (κ1) is 8.17. The standard InChI is InChI=1S/C6H11NO2/c1-2-5(3-4-8)6(7)9/h3,8H,2,4H2,1H3,(H2,7,9). The summed E-state index contributed by atoms with van der Waals surface area (Å²) in [5.74, 6) is -0.452. The van der Waals surface area contributed by atoms with Crippen LogP contribution in [-0.4, -0.2) is 17.6 Å². The van der Waals surface area contributed by atoms with Crippen LogP contribution < -0.4 is 5.73 Å². The van der Waals surface area contributed by atoms with Crippen LogP contribution in [0.1, 0.15) is 13.3 Å². The molecule has 3 nitrogen and oxygen atoms in total. The predicted molar refractivity (Wildman–Crippen MR) is 34.7 cm³/mol. The van der Waals surface area contributed by atoms with Gasteiger partial charge in [0.2, 0.25) is 5.91 Å². The van der Waals surface area contributed by atoms with Gasteiger partial charge in [-0.2, -0.15) is 0 Å². The molecule has 0 saturated carbocycles. The summed E-state index contributed by atoms with van der Waals surface area (Å²) in [7, 11) is 0. The molecule has 0 unspecified atom stereocenters. The molecule has 3 N–H and O–H groups in total. The lowest BCUT2D eigenvalue weighted by Crippen LogP contribution is -2.13. The Morgan fingerprint density at radius 3 is 2.44 bits per heavy atom. The van der Waals surface area contributed by atoms with Gasteiger partial charge < -0.3 is 10.8 Å². The van der Waals surface area contributed by atoms with E-state index in [1.807, 2.05) is 6.92 Å². The zero-order chi connectivity index (χ0) is 7.28.